The van der Waals surface area contributed by atoms with Gasteiger partial charge >= 0.3 is 0 Å². The molecule has 0 saturated heterocycles. The minimum Gasteiger partial charge on any atom is -0.383 e. The second kappa shape index (κ2) is 11.7. The zero-order chi connectivity index (χ0) is 23.8. The molecule has 0 spiro atoms. The molecule has 176 valence electrons. The molecule has 1 N–H and O–H groups in total. The topological polar surface area (TPSA) is 97.8 Å². The van der Waals surface area contributed by atoms with Gasteiger partial charge in [-0.25, -0.2) is 13.4 Å². The van der Waals surface area contributed by atoms with Gasteiger partial charge < -0.3 is 9.47 Å². The number of sulfonamides is 1. The first-order valence-electron chi connectivity index (χ1n) is 9.96. The lowest BCUT2D eigenvalue weighted by Crippen LogP contribution is -2.36. The van der Waals surface area contributed by atoms with Crippen LogP contribution in [0.3, 0.4) is 0 Å². The van der Waals surface area contributed by atoms with Crippen LogP contribution in [-0.4, -0.2) is 64.1 Å². The Bertz CT molecular complexity index is 1160. The van der Waals surface area contributed by atoms with Crippen LogP contribution < -0.4 is 5.32 Å². The highest BCUT2D eigenvalue weighted by Crippen LogP contribution is 2.26. The number of hydrogen-bond acceptors (Lipinski definition) is 7. The third-order valence-electron chi connectivity index (χ3n) is 4.71. The Morgan fingerprint density at radius 3 is 2.21 bits per heavy atom. The summed E-state index contributed by atoms with van der Waals surface area (Å²) in [6, 6.07) is 13.0. The first-order chi connectivity index (χ1) is 15.8. The Labute approximate surface area is 202 Å². The van der Waals surface area contributed by atoms with E-state index in [-0.39, 0.29) is 37.1 Å². The van der Waals surface area contributed by atoms with Gasteiger partial charge in [-0.3, -0.25) is 10.1 Å². The number of hydrogen-bond donors (Lipinski definition) is 1. The Morgan fingerprint density at radius 1 is 1.03 bits per heavy atom. The van der Waals surface area contributed by atoms with Gasteiger partial charge in [-0.1, -0.05) is 23.7 Å². The second-order valence-corrected chi connectivity index (χ2v) is 10.1. The van der Waals surface area contributed by atoms with Crippen LogP contribution in [0.25, 0.3) is 11.3 Å². The Hall–Kier alpha value is -2.34. The van der Waals surface area contributed by atoms with Crippen molar-refractivity contribution in [2.24, 2.45) is 0 Å². The fourth-order valence-electron chi connectivity index (χ4n) is 2.92. The summed E-state index contributed by atoms with van der Waals surface area (Å²) in [5.41, 5.74) is 1.93. The summed E-state index contributed by atoms with van der Waals surface area (Å²) in [5.74, 6) is -0.383. The fraction of sp³-hybridized carbons (Fsp3) is 0.273. The first kappa shape index (κ1) is 25.3. The number of rotatable bonds is 11. The van der Waals surface area contributed by atoms with Crippen molar-refractivity contribution < 1.29 is 22.7 Å². The number of anilines is 1. The highest BCUT2D eigenvalue weighted by Gasteiger charge is 2.24. The van der Waals surface area contributed by atoms with Gasteiger partial charge in [0, 0.05) is 48.8 Å². The van der Waals surface area contributed by atoms with Crippen LogP contribution >= 0.6 is 22.9 Å². The van der Waals surface area contributed by atoms with Crippen LogP contribution in [-0.2, 0) is 19.5 Å². The Kier molecular flexibility index (Phi) is 8.95. The highest BCUT2D eigenvalue weighted by molar-refractivity contribution is 7.89. The highest BCUT2D eigenvalue weighted by atomic mass is 35.5. The molecule has 0 fully saturated rings. The zero-order valence-electron chi connectivity index (χ0n) is 18.2. The minimum absolute atomic E-state index is 0.0885. The largest absolute Gasteiger partial charge is 0.383 e. The number of amides is 1. The van der Waals surface area contributed by atoms with E-state index < -0.39 is 10.0 Å². The molecule has 8 nitrogen and oxygen atoms in total. The maximum atomic E-state index is 13.0. The number of thiazole rings is 1. The van der Waals surface area contributed by atoms with E-state index in [1.807, 2.05) is 17.5 Å². The lowest BCUT2D eigenvalue weighted by atomic mass is 10.2. The predicted octanol–water partition coefficient (Wildman–Crippen LogP) is 4.00. The molecule has 11 heteroatoms. The number of nitrogens with one attached hydrogen (secondary N) is 1. The smallest absolute Gasteiger partial charge is 0.257 e. The molecule has 2 aromatic carbocycles. The molecule has 0 radical (unpaired) electrons. The minimum atomic E-state index is -3.76. The van der Waals surface area contributed by atoms with Gasteiger partial charge in [-0.15, -0.1) is 11.3 Å². The van der Waals surface area contributed by atoms with E-state index in [1.165, 1.54) is 54.1 Å². The van der Waals surface area contributed by atoms with Crippen molar-refractivity contribution in [1.29, 1.82) is 0 Å². The molecular formula is C22H24ClN3O5S2. The first-order valence-corrected chi connectivity index (χ1v) is 12.7. The fourth-order valence-corrected chi connectivity index (χ4v) is 5.17. The number of aromatic nitrogens is 1. The number of benzene rings is 2. The maximum absolute atomic E-state index is 13.0. The van der Waals surface area contributed by atoms with E-state index in [0.717, 1.165) is 11.3 Å². The molecule has 33 heavy (non-hydrogen) atoms. The van der Waals surface area contributed by atoms with Crippen molar-refractivity contribution in [2.45, 2.75) is 4.90 Å². The van der Waals surface area contributed by atoms with Gasteiger partial charge in [0.15, 0.2) is 5.13 Å². The molecule has 0 aliphatic rings. The molecule has 3 aromatic rings. The molecular weight excluding hydrogens is 486 g/mol. The molecule has 1 amide bonds. The van der Waals surface area contributed by atoms with Crippen molar-refractivity contribution >= 4 is 44.0 Å². The summed E-state index contributed by atoms with van der Waals surface area (Å²) >= 11 is 7.21. The monoisotopic (exact) mass is 509 g/mol. The van der Waals surface area contributed by atoms with E-state index in [9.17, 15) is 13.2 Å². The van der Waals surface area contributed by atoms with Crippen molar-refractivity contribution in [3.8, 4) is 11.3 Å². The van der Waals surface area contributed by atoms with Crippen LogP contribution in [0.5, 0.6) is 0 Å². The van der Waals surface area contributed by atoms with Crippen LogP contribution in [0.15, 0.2) is 58.8 Å². The Balaban J connectivity index is 1.70. The van der Waals surface area contributed by atoms with Gasteiger partial charge in [0.1, 0.15) is 0 Å². The lowest BCUT2D eigenvalue weighted by molar-refractivity contribution is 0.102. The molecule has 0 atom stereocenters. The van der Waals surface area contributed by atoms with E-state index in [4.69, 9.17) is 21.1 Å². The van der Waals surface area contributed by atoms with E-state index in [0.29, 0.717) is 15.7 Å². The van der Waals surface area contributed by atoms with E-state index >= 15 is 0 Å². The van der Waals surface area contributed by atoms with Gasteiger partial charge in [-0.05, 0) is 36.4 Å². The molecule has 1 heterocycles. The third-order valence-corrected chi connectivity index (χ3v) is 7.63. The molecule has 0 aliphatic heterocycles. The number of carbonyl (C=O) groups is 1. The Morgan fingerprint density at radius 2 is 1.64 bits per heavy atom. The summed E-state index contributed by atoms with van der Waals surface area (Å²) in [5, 5.41) is 5.65. The third kappa shape index (κ3) is 6.59. The molecule has 0 saturated carbocycles. The van der Waals surface area contributed by atoms with Gasteiger partial charge in [0.2, 0.25) is 10.0 Å². The average Bonchev–Trinajstić information content (AvgIpc) is 3.28. The molecule has 0 bridgehead atoms. The van der Waals surface area contributed by atoms with Gasteiger partial charge in [-0.2, -0.15) is 4.31 Å². The summed E-state index contributed by atoms with van der Waals surface area (Å²) in [6.45, 7) is 0.916. The number of nitrogens with zero attached hydrogens (tertiary/aromatic N) is 2. The molecule has 0 aliphatic carbocycles. The normalized spacial score (nSPS) is 11.6. The van der Waals surface area contributed by atoms with Crippen LogP contribution in [0.1, 0.15) is 10.4 Å². The van der Waals surface area contributed by atoms with Crippen molar-refractivity contribution in [1.82, 2.24) is 9.29 Å². The number of ether oxygens (including phenoxy) is 2. The molecule has 3 rings (SSSR count). The van der Waals surface area contributed by atoms with Crippen LogP contribution in [0.2, 0.25) is 5.02 Å². The molecule has 1 aromatic heterocycles. The number of carbonyl (C=O) groups excluding carboxylic acids is 1. The lowest BCUT2D eigenvalue weighted by Gasteiger charge is -2.21. The zero-order valence-corrected chi connectivity index (χ0v) is 20.5. The van der Waals surface area contributed by atoms with Crippen molar-refractivity contribution in [3.63, 3.8) is 0 Å². The predicted molar refractivity (Wildman–Crippen MR) is 129 cm³/mol. The summed E-state index contributed by atoms with van der Waals surface area (Å²) in [7, 11) is -0.737. The SMILES string of the molecule is COCCN(CCOC)S(=O)(=O)c1ccc(C(=O)Nc2nc(-c3ccc(Cl)cc3)cs2)cc1. The van der Waals surface area contributed by atoms with E-state index in [2.05, 4.69) is 10.3 Å². The average molecular weight is 510 g/mol. The summed E-state index contributed by atoms with van der Waals surface area (Å²) < 4.78 is 37.3. The maximum Gasteiger partial charge on any atom is 0.257 e. The quantitative estimate of drug-likeness (QED) is 0.419. The van der Waals surface area contributed by atoms with Crippen molar-refractivity contribution in [2.75, 3.05) is 45.8 Å². The summed E-state index contributed by atoms with van der Waals surface area (Å²) in [6.07, 6.45) is 0. The van der Waals surface area contributed by atoms with Crippen LogP contribution in [0, 0.1) is 0 Å². The van der Waals surface area contributed by atoms with Crippen molar-refractivity contribution in [3.05, 3.63) is 64.5 Å². The van der Waals surface area contributed by atoms with Crippen LogP contribution in [0.4, 0.5) is 5.13 Å². The number of halogens is 1. The standard InChI is InChI=1S/C22H24ClN3O5S2/c1-30-13-11-26(12-14-31-2)33(28,29)19-9-5-17(6-10-19)21(27)25-22-24-20(15-32-22)16-3-7-18(23)8-4-16/h3-10,15H,11-14H2,1-2H3,(H,24,25,27). The van der Waals surface area contributed by atoms with Gasteiger partial charge in [0.05, 0.1) is 23.8 Å². The van der Waals surface area contributed by atoms with Gasteiger partial charge in [0.25, 0.3) is 5.91 Å². The summed E-state index contributed by atoms with van der Waals surface area (Å²) in [4.78, 5) is 17.1. The number of methoxy groups -OCH3 is 2. The second-order valence-electron chi connectivity index (χ2n) is 6.91. The molecule has 0 unspecified atom stereocenters. The van der Waals surface area contributed by atoms with E-state index in [1.54, 1.807) is 12.1 Å².